The van der Waals surface area contributed by atoms with E-state index in [1.165, 1.54) is 32.1 Å². The average Bonchev–Trinajstić information content (AvgIpc) is 2.84. The predicted octanol–water partition coefficient (Wildman–Crippen LogP) is 1.93. The molecule has 4 unspecified atom stereocenters. The molecule has 1 saturated heterocycles. The quantitative estimate of drug-likeness (QED) is 0.721. The summed E-state index contributed by atoms with van der Waals surface area (Å²) in [6, 6.07) is 0.0890. The number of hydrogen-bond acceptors (Lipinski definition) is 2. The van der Waals surface area contributed by atoms with Gasteiger partial charge in [-0.15, -0.1) is 0 Å². The summed E-state index contributed by atoms with van der Waals surface area (Å²) in [5.74, 6) is 2.04. The SMILES string of the molecule is NC1C=CC(C(=O)N2CCC3CCCCC3C2)C1. The Morgan fingerprint density at radius 2 is 1.89 bits per heavy atom. The van der Waals surface area contributed by atoms with Crippen LogP contribution in [0.4, 0.5) is 0 Å². The van der Waals surface area contributed by atoms with Gasteiger partial charge in [0.25, 0.3) is 0 Å². The molecule has 1 amide bonds. The van der Waals surface area contributed by atoms with E-state index in [1.807, 2.05) is 12.2 Å². The highest BCUT2D eigenvalue weighted by Gasteiger charge is 2.35. The number of rotatable bonds is 1. The number of carbonyl (C=O) groups is 1. The third kappa shape index (κ3) is 2.33. The number of amides is 1. The smallest absolute Gasteiger partial charge is 0.229 e. The van der Waals surface area contributed by atoms with Gasteiger partial charge in [0.15, 0.2) is 0 Å². The van der Waals surface area contributed by atoms with E-state index in [2.05, 4.69) is 4.90 Å². The summed E-state index contributed by atoms with van der Waals surface area (Å²) in [4.78, 5) is 14.6. The standard InChI is InChI=1S/C15H24N2O/c16-14-6-5-12(9-14)15(18)17-8-7-11-3-1-2-4-13(11)10-17/h5-6,11-14H,1-4,7-10,16H2. The van der Waals surface area contributed by atoms with Gasteiger partial charge in [-0.3, -0.25) is 4.79 Å². The number of nitrogens with two attached hydrogens (primary N) is 1. The molecule has 3 aliphatic rings. The van der Waals surface area contributed by atoms with Crippen LogP contribution in [-0.2, 0) is 4.79 Å². The first-order valence-electron chi connectivity index (χ1n) is 7.47. The van der Waals surface area contributed by atoms with Crippen molar-refractivity contribution in [1.29, 1.82) is 0 Å². The molecule has 3 heteroatoms. The van der Waals surface area contributed by atoms with E-state index < -0.39 is 0 Å². The molecule has 0 spiro atoms. The zero-order valence-electron chi connectivity index (χ0n) is 11.1. The zero-order chi connectivity index (χ0) is 12.5. The van der Waals surface area contributed by atoms with Crippen LogP contribution in [0.1, 0.15) is 38.5 Å². The Kier molecular flexibility index (Phi) is 3.42. The second-order valence-electron chi connectivity index (χ2n) is 6.27. The lowest BCUT2D eigenvalue weighted by Crippen LogP contribution is -2.46. The summed E-state index contributed by atoms with van der Waals surface area (Å²) in [6.07, 6.45) is 11.5. The van der Waals surface area contributed by atoms with Crippen molar-refractivity contribution in [3.8, 4) is 0 Å². The molecule has 4 atom stereocenters. The van der Waals surface area contributed by atoms with Gasteiger partial charge in [0.1, 0.15) is 0 Å². The van der Waals surface area contributed by atoms with Gasteiger partial charge in [-0.1, -0.05) is 31.4 Å². The predicted molar refractivity (Wildman–Crippen MR) is 71.9 cm³/mol. The van der Waals surface area contributed by atoms with Gasteiger partial charge in [-0.05, 0) is 31.1 Å². The lowest BCUT2D eigenvalue weighted by molar-refractivity contribution is -0.137. The molecule has 2 aliphatic carbocycles. The Bertz CT molecular complexity index is 352. The fraction of sp³-hybridized carbons (Fsp3) is 0.800. The van der Waals surface area contributed by atoms with E-state index in [-0.39, 0.29) is 12.0 Å². The highest BCUT2D eigenvalue weighted by atomic mass is 16.2. The number of piperidine rings is 1. The molecule has 2 fully saturated rings. The van der Waals surface area contributed by atoms with Gasteiger partial charge < -0.3 is 10.6 Å². The maximum Gasteiger partial charge on any atom is 0.229 e. The molecule has 0 radical (unpaired) electrons. The Morgan fingerprint density at radius 3 is 2.61 bits per heavy atom. The number of carbonyl (C=O) groups excluding carboxylic acids is 1. The molecule has 0 aromatic rings. The average molecular weight is 248 g/mol. The summed E-state index contributed by atoms with van der Waals surface area (Å²) in [6.45, 7) is 1.97. The van der Waals surface area contributed by atoms with Crippen LogP contribution in [-0.4, -0.2) is 29.9 Å². The molecule has 0 aromatic heterocycles. The van der Waals surface area contributed by atoms with Gasteiger partial charge >= 0.3 is 0 Å². The molecule has 3 rings (SSSR count). The molecule has 18 heavy (non-hydrogen) atoms. The van der Waals surface area contributed by atoms with Crippen molar-refractivity contribution >= 4 is 5.91 Å². The van der Waals surface area contributed by atoms with Crippen LogP contribution in [0.5, 0.6) is 0 Å². The van der Waals surface area contributed by atoms with Crippen LogP contribution >= 0.6 is 0 Å². The van der Waals surface area contributed by atoms with Gasteiger partial charge in [0, 0.05) is 19.1 Å². The minimum Gasteiger partial charge on any atom is -0.342 e. The maximum atomic E-state index is 12.4. The number of hydrogen-bond donors (Lipinski definition) is 1. The van der Waals surface area contributed by atoms with Gasteiger partial charge in [-0.2, -0.15) is 0 Å². The summed E-state index contributed by atoms with van der Waals surface area (Å²) < 4.78 is 0. The second-order valence-corrected chi connectivity index (χ2v) is 6.27. The molecule has 100 valence electrons. The number of nitrogens with zero attached hydrogens (tertiary/aromatic N) is 1. The lowest BCUT2D eigenvalue weighted by atomic mass is 9.75. The van der Waals surface area contributed by atoms with Crippen molar-refractivity contribution in [2.75, 3.05) is 13.1 Å². The van der Waals surface area contributed by atoms with Crippen molar-refractivity contribution < 1.29 is 4.79 Å². The molecule has 1 aliphatic heterocycles. The van der Waals surface area contributed by atoms with E-state index in [4.69, 9.17) is 5.73 Å². The Morgan fingerprint density at radius 1 is 1.11 bits per heavy atom. The maximum absolute atomic E-state index is 12.4. The van der Waals surface area contributed by atoms with Crippen molar-refractivity contribution in [2.24, 2.45) is 23.5 Å². The summed E-state index contributed by atoms with van der Waals surface area (Å²) in [5.41, 5.74) is 5.84. The second kappa shape index (κ2) is 5.04. The van der Waals surface area contributed by atoms with E-state index >= 15 is 0 Å². The fourth-order valence-electron chi connectivity index (χ4n) is 3.95. The molecular weight excluding hydrogens is 224 g/mol. The largest absolute Gasteiger partial charge is 0.342 e. The van der Waals surface area contributed by atoms with Crippen LogP contribution in [0.2, 0.25) is 0 Å². The monoisotopic (exact) mass is 248 g/mol. The summed E-state index contributed by atoms with van der Waals surface area (Å²) >= 11 is 0. The van der Waals surface area contributed by atoms with Gasteiger partial charge in [0.2, 0.25) is 5.91 Å². The molecule has 3 nitrogen and oxygen atoms in total. The molecule has 0 aromatic carbocycles. The highest BCUT2D eigenvalue weighted by Crippen LogP contribution is 2.36. The van der Waals surface area contributed by atoms with Crippen molar-refractivity contribution in [3.05, 3.63) is 12.2 Å². The Balaban J connectivity index is 1.60. The lowest BCUT2D eigenvalue weighted by Gasteiger charge is -2.42. The first-order chi connectivity index (χ1) is 8.74. The van der Waals surface area contributed by atoms with Crippen LogP contribution < -0.4 is 5.73 Å². The van der Waals surface area contributed by atoms with Crippen molar-refractivity contribution in [1.82, 2.24) is 4.90 Å². The van der Waals surface area contributed by atoms with Crippen LogP contribution in [0.3, 0.4) is 0 Å². The first-order valence-corrected chi connectivity index (χ1v) is 7.47. The normalized spacial score (nSPS) is 39.7. The zero-order valence-corrected chi connectivity index (χ0v) is 11.1. The minimum atomic E-state index is 0.0557. The first kappa shape index (κ1) is 12.2. The Hall–Kier alpha value is -0.830. The fourth-order valence-corrected chi connectivity index (χ4v) is 3.95. The number of fused-ring (bicyclic) bond motifs is 1. The van der Waals surface area contributed by atoms with Crippen LogP contribution in [0, 0.1) is 17.8 Å². The topological polar surface area (TPSA) is 46.3 Å². The Labute approximate surface area is 109 Å². The molecular formula is C15H24N2O. The van der Waals surface area contributed by atoms with Crippen molar-refractivity contribution in [2.45, 2.75) is 44.6 Å². The highest BCUT2D eigenvalue weighted by molar-refractivity contribution is 5.81. The van der Waals surface area contributed by atoms with Crippen molar-refractivity contribution in [3.63, 3.8) is 0 Å². The van der Waals surface area contributed by atoms with E-state index in [0.29, 0.717) is 5.91 Å². The third-order valence-corrected chi connectivity index (χ3v) is 5.04. The minimum absolute atomic E-state index is 0.0557. The molecule has 2 N–H and O–H groups in total. The molecule has 0 bridgehead atoms. The third-order valence-electron chi connectivity index (χ3n) is 5.04. The summed E-state index contributed by atoms with van der Waals surface area (Å²) in [5, 5.41) is 0. The van der Waals surface area contributed by atoms with E-state index in [9.17, 15) is 4.79 Å². The van der Waals surface area contributed by atoms with Crippen LogP contribution in [0.25, 0.3) is 0 Å². The van der Waals surface area contributed by atoms with Gasteiger partial charge in [0.05, 0.1) is 5.92 Å². The van der Waals surface area contributed by atoms with Gasteiger partial charge in [-0.25, -0.2) is 0 Å². The van der Waals surface area contributed by atoms with E-state index in [0.717, 1.165) is 31.3 Å². The number of likely N-dealkylation sites (tertiary alicyclic amines) is 1. The molecule has 1 saturated carbocycles. The summed E-state index contributed by atoms with van der Waals surface area (Å²) in [7, 11) is 0. The van der Waals surface area contributed by atoms with Crippen LogP contribution in [0.15, 0.2) is 12.2 Å². The van der Waals surface area contributed by atoms with E-state index in [1.54, 1.807) is 0 Å². The molecule has 1 heterocycles.